The van der Waals surface area contributed by atoms with Gasteiger partial charge in [0.25, 0.3) is 0 Å². The number of nitrogens with zero attached hydrogens (tertiary/aromatic N) is 1. The molecule has 0 saturated carbocycles. The Kier molecular flexibility index (Phi) is 11.4. The first kappa shape index (κ1) is 33.5. The third-order valence-electron chi connectivity index (χ3n) is 7.87. The van der Waals surface area contributed by atoms with Gasteiger partial charge in [-0.15, -0.1) is 0 Å². The van der Waals surface area contributed by atoms with Gasteiger partial charge in [-0.1, -0.05) is 48.3 Å². The normalized spacial score (nSPS) is 13.8. The van der Waals surface area contributed by atoms with Crippen molar-refractivity contribution in [3.63, 3.8) is 0 Å². The van der Waals surface area contributed by atoms with Crippen molar-refractivity contribution in [2.45, 2.75) is 51.8 Å². The molecule has 6 rings (SSSR count). The highest BCUT2D eigenvalue weighted by Gasteiger charge is 2.23. The summed E-state index contributed by atoms with van der Waals surface area (Å²) in [5, 5.41) is 22.1. The maximum atomic E-state index is 14.7. The Bertz CT molecular complexity index is 1700. The molecule has 0 spiro atoms. The summed E-state index contributed by atoms with van der Waals surface area (Å²) in [5.74, 6) is -0.0889. The van der Waals surface area contributed by atoms with E-state index in [0.29, 0.717) is 45.9 Å². The molecular formula is C35H35Cl2FN2O6. The van der Waals surface area contributed by atoms with E-state index >= 15 is 0 Å². The molecule has 0 saturated heterocycles. The number of aliphatic hydroxyl groups is 1. The first-order valence-corrected chi connectivity index (χ1v) is 15.8. The predicted octanol–water partition coefficient (Wildman–Crippen LogP) is 6.82. The number of aliphatic hydroxyl groups excluding tert-OH is 1. The fourth-order valence-electron chi connectivity index (χ4n) is 5.50. The molecule has 242 valence electrons. The van der Waals surface area contributed by atoms with Crippen LogP contribution in [0.1, 0.15) is 41.2 Å². The molecule has 3 aromatic carbocycles. The SMILES string of the molecule is CCc1cc(OCc2cncc(Cl)c2)c(CNC(CO)C(=O)O)cc1Cl.Fc1c(-c2cccc3c2CCC3)ccc2c1OCCO2. The van der Waals surface area contributed by atoms with Gasteiger partial charge in [-0.3, -0.25) is 15.1 Å². The Balaban J connectivity index is 0.000000186. The number of hydrogen-bond acceptors (Lipinski definition) is 7. The molecule has 1 atom stereocenters. The summed E-state index contributed by atoms with van der Waals surface area (Å²) in [4.78, 5) is 15.1. The molecular weight excluding hydrogens is 634 g/mol. The average Bonchev–Trinajstić information content (AvgIpc) is 3.55. The lowest BCUT2D eigenvalue weighted by Gasteiger charge is -2.20. The van der Waals surface area contributed by atoms with E-state index in [0.717, 1.165) is 42.4 Å². The quantitative estimate of drug-likeness (QED) is 0.169. The van der Waals surface area contributed by atoms with Gasteiger partial charge in [0, 0.05) is 40.7 Å². The number of halogens is 3. The second-order valence-corrected chi connectivity index (χ2v) is 11.8. The Morgan fingerprint density at radius 2 is 1.89 bits per heavy atom. The fourth-order valence-corrected chi connectivity index (χ4v) is 6.02. The van der Waals surface area contributed by atoms with E-state index in [1.807, 2.05) is 25.1 Å². The lowest BCUT2D eigenvalue weighted by Crippen LogP contribution is -2.39. The van der Waals surface area contributed by atoms with E-state index in [2.05, 4.69) is 16.4 Å². The van der Waals surface area contributed by atoms with Crippen LogP contribution >= 0.6 is 23.2 Å². The topological polar surface area (TPSA) is 110 Å². The van der Waals surface area contributed by atoms with Gasteiger partial charge < -0.3 is 24.4 Å². The minimum atomic E-state index is -1.13. The Hall–Kier alpha value is -3.89. The van der Waals surface area contributed by atoms with Crippen LogP contribution in [0.5, 0.6) is 17.2 Å². The third kappa shape index (κ3) is 7.90. The molecule has 8 nitrogen and oxygen atoms in total. The van der Waals surface area contributed by atoms with Gasteiger partial charge in [-0.05, 0) is 78.3 Å². The number of aryl methyl sites for hydroxylation is 2. The Morgan fingerprint density at radius 1 is 1.07 bits per heavy atom. The monoisotopic (exact) mass is 668 g/mol. The van der Waals surface area contributed by atoms with Crippen LogP contribution in [0.15, 0.2) is 60.9 Å². The van der Waals surface area contributed by atoms with E-state index in [-0.39, 0.29) is 24.7 Å². The molecule has 2 heterocycles. The molecule has 46 heavy (non-hydrogen) atoms. The number of carbonyl (C=O) groups is 1. The second kappa shape index (κ2) is 15.6. The van der Waals surface area contributed by atoms with Crippen LogP contribution < -0.4 is 19.5 Å². The molecule has 1 aliphatic carbocycles. The van der Waals surface area contributed by atoms with Crippen LogP contribution in [0.4, 0.5) is 4.39 Å². The van der Waals surface area contributed by atoms with Crippen molar-refractivity contribution in [1.29, 1.82) is 0 Å². The zero-order chi connectivity index (χ0) is 32.6. The number of aliphatic carboxylic acids is 1. The van der Waals surface area contributed by atoms with Crippen LogP contribution in [-0.4, -0.2) is 47.0 Å². The summed E-state index contributed by atoms with van der Waals surface area (Å²) in [6.07, 6.45) is 7.20. The van der Waals surface area contributed by atoms with E-state index < -0.39 is 18.6 Å². The third-order valence-corrected chi connectivity index (χ3v) is 8.43. The number of pyridine rings is 1. The Morgan fingerprint density at radius 3 is 2.65 bits per heavy atom. The van der Waals surface area contributed by atoms with Crippen molar-refractivity contribution in [3.05, 3.63) is 105 Å². The summed E-state index contributed by atoms with van der Waals surface area (Å²) in [5.41, 5.74) is 6.67. The summed E-state index contributed by atoms with van der Waals surface area (Å²) < 4.78 is 31.5. The molecule has 2 aliphatic rings. The maximum absolute atomic E-state index is 14.7. The largest absolute Gasteiger partial charge is 0.489 e. The summed E-state index contributed by atoms with van der Waals surface area (Å²) in [6.45, 7) is 2.79. The van der Waals surface area contributed by atoms with Crippen molar-refractivity contribution in [2.75, 3.05) is 19.8 Å². The smallest absolute Gasteiger partial charge is 0.323 e. The predicted molar refractivity (Wildman–Crippen MR) is 175 cm³/mol. The van der Waals surface area contributed by atoms with Crippen LogP contribution in [0.2, 0.25) is 10.0 Å². The average molecular weight is 670 g/mol. The molecule has 0 amide bonds. The summed E-state index contributed by atoms with van der Waals surface area (Å²) in [6, 6.07) is 14.0. The number of carboxylic acids is 1. The lowest BCUT2D eigenvalue weighted by atomic mass is 9.96. The highest BCUT2D eigenvalue weighted by Crippen LogP contribution is 2.41. The first-order chi connectivity index (χ1) is 22.3. The van der Waals surface area contributed by atoms with E-state index in [4.69, 9.17) is 47.6 Å². The first-order valence-electron chi connectivity index (χ1n) is 15.1. The molecule has 0 radical (unpaired) electrons. The number of ether oxygens (including phenoxy) is 3. The van der Waals surface area contributed by atoms with Crippen molar-refractivity contribution in [2.24, 2.45) is 0 Å². The van der Waals surface area contributed by atoms with E-state index in [1.54, 1.807) is 36.7 Å². The number of fused-ring (bicyclic) bond motifs is 2. The van der Waals surface area contributed by atoms with Gasteiger partial charge in [-0.25, -0.2) is 4.39 Å². The lowest BCUT2D eigenvalue weighted by molar-refractivity contribution is -0.140. The number of carboxylic acid groups (broad SMARTS) is 1. The summed E-state index contributed by atoms with van der Waals surface area (Å²) >= 11 is 12.2. The van der Waals surface area contributed by atoms with E-state index in [9.17, 15) is 9.18 Å². The number of benzene rings is 3. The Labute approximate surface area is 277 Å². The molecule has 1 aliphatic heterocycles. The van der Waals surface area contributed by atoms with Crippen molar-refractivity contribution >= 4 is 29.2 Å². The molecule has 0 bridgehead atoms. The minimum Gasteiger partial charge on any atom is -0.489 e. The van der Waals surface area contributed by atoms with Crippen molar-refractivity contribution in [3.8, 4) is 28.4 Å². The number of aromatic nitrogens is 1. The fraction of sp³-hybridized carbons (Fsp3) is 0.314. The van der Waals surface area contributed by atoms with Crippen molar-refractivity contribution in [1.82, 2.24) is 10.3 Å². The van der Waals surface area contributed by atoms with Gasteiger partial charge in [0.1, 0.15) is 31.6 Å². The van der Waals surface area contributed by atoms with Gasteiger partial charge in [-0.2, -0.15) is 0 Å². The molecule has 1 unspecified atom stereocenters. The van der Waals surface area contributed by atoms with Gasteiger partial charge in [0.15, 0.2) is 17.3 Å². The molecule has 11 heteroatoms. The molecule has 1 aromatic heterocycles. The van der Waals surface area contributed by atoms with Crippen LogP contribution in [-0.2, 0) is 37.2 Å². The number of rotatable bonds is 10. The van der Waals surface area contributed by atoms with E-state index in [1.165, 1.54) is 11.1 Å². The second-order valence-electron chi connectivity index (χ2n) is 10.9. The molecule has 0 fully saturated rings. The maximum Gasteiger partial charge on any atom is 0.323 e. The van der Waals surface area contributed by atoms with Crippen LogP contribution in [0.3, 0.4) is 0 Å². The zero-order valence-electron chi connectivity index (χ0n) is 25.3. The van der Waals surface area contributed by atoms with Gasteiger partial charge >= 0.3 is 5.97 Å². The standard InChI is InChI=1S/C18H20Cl2N2O4.C17H15FO2/c1-2-12-5-17(26-10-11-3-14(19)8-21-6-11)13(4-15(12)20)7-22-16(9-23)18(24)25;18-16-14(7-8-15-17(16)20-10-9-19-15)13-6-2-4-11-3-1-5-12(11)13/h3-6,8,16,22-23H,2,7,9-10H2,1H3,(H,24,25);2,4,6-8H,1,3,5,9-10H2. The van der Waals surface area contributed by atoms with Gasteiger partial charge in [0.2, 0.25) is 0 Å². The molecule has 4 aromatic rings. The highest BCUT2D eigenvalue weighted by atomic mass is 35.5. The zero-order valence-corrected chi connectivity index (χ0v) is 26.8. The molecule has 3 N–H and O–H groups in total. The van der Waals surface area contributed by atoms with Crippen molar-refractivity contribution < 1.29 is 33.6 Å². The highest BCUT2D eigenvalue weighted by molar-refractivity contribution is 6.31. The summed E-state index contributed by atoms with van der Waals surface area (Å²) in [7, 11) is 0. The van der Waals surface area contributed by atoms with Gasteiger partial charge in [0.05, 0.1) is 11.6 Å². The van der Waals surface area contributed by atoms with Crippen LogP contribution in [0.25, 0.3) is 11.1 Å². The number of hydrogen-bond donors (Lipinski definition) is 3. The van der Waals surface area contributed by atoms with Crippen LogP contribution in [0, 0.1) is 5.82 Å². The minimum absolute atomic E-state index is 0.185. The number of nitrogens with one attached hydrogen (secondary N) is 1.